The fraction of sp³-hybridized carbons (Fsp3) is 0.464. The minimum Gasteiger partial charge on any atom is -0.481 e. The van der Waals surface area contributed by atoms with E-state index >= 15 is 0 Å². The van der Waals surface area contributed by atoms with E-state index < -0.39 is 17.5 Å². The van der Waals surface area contributed by atoms with Crippen LogP contribution >= 0.6 is 0 Å². The molecule has 7 nitrogen and oxygen atoms in total. The minimum absolute atomic E-state index is 0.0126. The number of alkyl carbamates (subject to hydrolysis) is 1. The van der Waals surface area contributed by atoms with Crippen molar-refractivity contribution in [2.75, 3.05) is 6.61 Å². The molecule has 2 aromatic rings. The lowest BCUT2D eigenvalue weighted by molar-refractivity contribution is -0.143. The second-order valence-electron chi connectivity index (χ2n) is 10.8. The summed E-state index contributed by atoms with van der Waals surface area (Å²) in [5, 5.41) is 15.4. The van der Waals surface area contributed by atoms with Crippen molar-refractivity contribution in [3.63, 3.8) is 0 Å². The van der Waals surface area contributed by atoms with Gasteiger partial charge in [-0.2, -0.15) is 0 Å². The smallest absolute Gasteiger partial charge is 0.407 e. The van der Waals surface area contributed by atoms with Crippen molar-refractivity contribution in [2.45, 2.75) is 56.5 Å². The van der Waals surface area contributed by atoms with E-state index in [0.717, 1.165) is 25.7 Å². The highest BCUT2D eigenvalue weighted by Crippen LogP contribution is 2.63. The van der Waals surface area contributed by atoms with Crippen LogP contribution in [0.2, 0.25) is 0 Å². The molecule has 3 N–H and O–H groups in total. The van der Waals surface area contributed by atoms with E-state index in [-0.39, 0.29) is 35.7 Å². The maximum atomic E-state index is 12.4. The summed E-state index contributed by atoms with van der Waals surface area (Å²) in [7, 11) is 0. The van der Waals surface area contributed by atoms with Crippen LogP contribution in [0.3, 0.4) is 0 Å². The molecule has 0 aromatic heterocycles. The Balaban J connectivity index is 0.934. The standard InChI is InChI=1S/C28H30N2O5/c31-25(29-19-12-17-13-28(17,14-19)26(32)33)11-16-9-18(10-16)30-27(34)35-15-24-22-7-3-1-5-20(22)21-6-2-4-8-23(21)24/h1-8,16-19,24H,9-15H2,(H,29,31)(H,30,34)(H,32,33). The Kier molecular flexibility index (Phi) is 5.31. The molecule has 0 heterocycles. The average Bonchev–Trinajstić information content (AvgIpc) is 3.25. The fourth-order valence-electron chi connectivity index (χ4n) is 6.64. The molecule has 0 saturated heterocycles. The molecule has 0 aliphatic heterocycles. The van der Waals surface area contributed by atoms with Crippen LogP contribution in [0.25, 0.3) is 11.1 Å². The van der Waals surface area contributed by atoms with Gasteiger partial charge >= 0.3 is 12.1 Å². The molecule has 0 spiro atoms. The van der Waals surface area contributed by atoms with Crippen LogP contribution in [-0.2, 0) is 14.3 Å². The van der Waals surface area contributed by atoms with Crippen LogP contribution in [0.5, 0.6) is 0 Å². The molecule has 3 unspecified atom stereocenters. The SMILES string of the molecule is O=C(CC1CC(NC(=O)OCC2c3ccccc3-c3ccccc32)C1)NC1CC2CC2(C(=O)O)C1. The molecule has 182 valence electrons. The Morgan fingerprint density at radius 3 is 2.17 bits per heavy atom. The Hall–Kier alpha value is -3.35. The van der Waals surface area contributed by atoms with Gasteiger partial charge in [0.05, 0.1) is 5.41 Å². The molecule has 4 aliphatic carbocycles. The number of benzene rings is 2. The lowest BCUT2D eigenvalue weighted by Gasteiger charge is -2.35. The van der Waals surface area contributed by atoms with E-state index in [4.69, 9.17) is 4.74 Å². The summed E-state index contributed by atoms with van der Waals surface area (Å²) in [6.07, 6.45) is 3.59. The van der Waals surface area contributed by atoms with Crippen molar-refractivity contribution < 1.29 is 24.2 Å². The van der Waals surface area contributed by atoms with Crippen molar-refractivity contribution in [1.82, 2.24) is 10.6 Å². The molecule has 3 fully saturated rings. The number of carboxylic acid groups (broad SMARTS) is 1. The normalized spacial score (nSPS) is 29.8. The van der Waals surface area contributed by atoms with E-state index in [1.807, 2.05) is 24.3 Å². The van der Waals surface area contributed by atoms with E-state index in [1.165, 1.54) is 22.3 Å². The monoisotopic (exact) mass is 474 g/mol. The summed E-state index contributed by atoms with van der Waals surface area (Å²) < 4.78 is 5.62. The second-order valence-corrected chi connectivity index (χ2v) is 10.8. The molecule has 7 heteroatoms. The maximum absolute atomic E-state index is 12.4. The van der Waals surface area contributed by atoms with Crippen molar-refractivity contribution in [1.29, 1.82) is 0 Å². The van der Waals surface area contributed by atoms with Crippen LogP contribution in [-0.4, -0.2) is 41.8 Å². The highest BCUT2D eigenvalue weighted by Gasteiger charge is 2.65. The van der Waals surface area contributed by atoms with Crippen LogP contribution in [0.4, 0.5) is 4.79 Å². The maximum Gasteiger partial charge on any atom is 0.407 e. The molecule has 3 atom stereocenters. The highest BCUT2D eigenvalue weighted by atomic mass is 16.5. The Bertz CT molecular complexity index is 1140. The molecular formula is C28H30N2O5. The van der Waals surface area contributed by atoms with Gasteiger partial charge in [0.15, 0.2) is 0 Å². The van der Waals surface area contributed by atoms with Gasteiger partial charge in [0.2, 0.25) is 5.91 Å². The van der Waals surface area contributed by atoms with Crippen molar-refractivity contribution in [2.24, 2.45) is 17.3 Å². The molecular weight excluding hydrogens is 444 g/mol. The molecule has 35 heavy (non-hydrogen) atoms. The number of hydrogen-bond acceptors (Lipinski definition) is 4. The molecule has 2 aromatic carbocycles. The zero-order valence-electron chi connectivity index (χ0n) is 19.5. The van der Waals surface area contributed by atoms with E-state index in [0.29, 0.717) is 19.4 Å². The third kappa shape index (κ3) is 3.97. The van der Waals surface area contributed by atoms with Crippen molar-refractivity contribution in [3.8, 4) is 11.1 Å². The van der Waals surface area contributed by atoms with Gasteiger partial charge in [-0.25, -0.2) is 4.79 Å². The molecule has 0 bridgehead atoms. The zero-order valence-corrected chi connectivity index (χ0v) is 19.5. The number of aliphatic carboxylic acids is 1. The van der Waals surface area contributed by atoms with Crippen LogP contribution in [0, 0.1) is 17.3 Å². The van der Waals surface area contributed by atoms with E-state index in [9.17, 15) is 19.5 Å². The fourth-order valence-corrected chi connectivity index (χ4v) is 6.64. The van der Waals surface area contributed by atoms with Crippen molar-refractivity contribution >= 4 is 18.0 Å². The highest BCUT2D eigenvalue weighted by molar-refractivity contribution is 5.81. The number of ether oxygens (including phenoxy) is 1. The summed E-state index contributed by atoms with van der Waals surface area (Å²) in [5.74, 6) is -0.243. The van der Waals surface area contributed by atoms with Crippen LogP contribution in [0.15, 0.2) is 48.5 Å². The minimum atomic E-state index is -0.722. The number of amides is 2. The number of hydrogen-bond donors (Lipinski definition) is 3. The lowest BCUT2D eigenvalue weighted by atomic mass is 9.78. The summed E-state index contributed by atoms with van der Waals surface area (Å²) in [5.41, 5.74) is 4.19. The van der Waals surface area contributed by atoms with Gasteiger partial charge in [-0.1, -0.05) is 48.5 Å². The Morgan fingerprint density at radius 1 is 0.886 bits per heavy atom. The summed E-state index contributed by atoms with van der Waals surface area (Å²) in [4.78, 5) is 36.3. The first kappa shape index (κ1) is 22.1. The topological polar surface area (TPSA) is 105 Å². The van der Waals surface area contributed by atoms with Crippen LogP contribution in [0.1, 0.15) is 55.6 Å². The van der Waals surface area contributed by atoms with E-state index in [2.05, 4.69) is 34.9 Å². The molecule has 3 saturated carbocycles. The zero-order chi connectivity index (χ0) is 24.2. The second kappa shape index (κ2) is 8.40. The van der Waals surface area contributed by atoms with Gasteiger partial charge in [-0.05, 0) is 66.2 Å². The first-order valence-corrected chi connectivity index (χ1v) is 12.6. The number of nitrogens with one attached hydrogen (secondary N) is 2. The number of fused-ring (bicyclic) bond motifs is 4. The quantitative estimate of drug-likeness (QED) is 0.561. The van der Waals surface area contributed by atoms with Gasteiger partial charge in [0, 0.05) is 24.4 Å². The van der Waals surface area contributed by atoms with Gasteiger partial charge in [0.25, 0.3) is 0 Å². The Morgan fingerprint density at radius 2 is 1.54 bits per heavy atom. The number of carboxylic acids is 1. The molecule has 6 rings (SSSR count). The summed E-state index contributed by atoms with van der Waals surface area (Å²) >= 11 is 0. The van der Waals surface area contributed by atoms with Gasteiger partial charge in [-0.15, -0.1) is 0 Å². The molecule has 2 amide bonds. The predicted octanol–water partition coefficient (Wildman–Crippen LogP) is 4.06. The van der Waals surface area contributed by atoms with Gasteiger partial charge in [-0.3, -0.25) is 9.59 Å². The largest absolute Gasteiger partial charge is 0.481 e. The summed E-state index contributed by atoms with van der Waals surface area (Å²) in [6, 6.07) is 16.5. The van der Waals surface area contributed by atoms with E-state index in [1.54, 1.807) is 0 Å². The number of rotatable bonds is 7. The Labute approximate surface area is 204 Å². The van der Waals surface area contributed by atoms with Crippen LogP contribution < -0.4 is 10.6 Å². The third-order valence-electron chi connectivity index (χ3n) is 8.58. The molecule has 4 aliphatic rings. The number of carbonyl (C=O) groups is 3. The molecule has 0 radical (unpaired) electrons. The average molecular weight is 475 g/mol. The number of carbonyl (C=O) groups excluding carboxylic acids is 2. The lowest BCUT2D eigenvalue weighted by Crippen LogP contribution is -2.46. The third-order valence-corrected chi connectivity index (χ3v) is 8.58. The van der Waals surface area contributed by atoms with Crippen molar-refractivity contribution in [3.05, 3.63) is 59.7 Å². The summed E-state index contributed by atoms with van der Waals surface area (Å²) in [6.45, 7) is 0.290. The van der Waals surface area contributed by atoms with Gasteiger partial charge in [0.1, 0.15) is 6.61 Å². The predicted molar refractivity (Wildman–Crippen MR) is 129 cm³/mol. The first-order chi connectivity index (χ1) is 16.9. The van der Waals surface area contributed by atoms with Gasteiger partial charge < -0.3 is 20.5 Å². The first-order valence-electron chi connectivity index (χ1n) is 12.6.